The van der Waals surface area contributed by atoms with Crippen molar-refractivity contribution in [3.05, 3.63) is 37.0 Å². The normalized spacial score (nSPS) is 10.7. The van der Waals surface area contributed by atoms with Crippen molar-refractivity contribution in [2.45, 2.75) is 40.5 Å². The van der Waals surface area contributed by atoms with Crippen molar-refractivity contribution < 1.29 is 0 Å². The Morgan fingerprint density at radius 1 is 1.16 bits per heavy atom. The second-order valence-electron chi connectivity index (χ2n) is 7.57. The molecule has 7 heteroatoms. The predicted octanol–water partition coefficient (Wildman–Crippen LogP) is 3.47. The quantitative estimate of drug-likeness (QED) is 0.110. The smallest absolute Gasteiger partial charge is 0.0936 e. The first kappa shape index (κ1) is 32.8. The molecule has 0 unspecified atom stereocenters. The summed E-state index contributed by atoms with van der Waals surface area (Å²) in [5, 5.41) is 10.2. The molecule has 0 radical (unpaired) electrons. The van der Waals surface area contributed by atoms with Crippen LogP contribution in [0.25, 0.3) is 0 Å². The van der Waals surface area contributed by atoms with E-state index in [9.17, 15) is 0 Å². The maximum atomic E-state index is 5.01. The number of hydrazone groups is 1. The van der Waals surface area contributed by atoms with Crippen LogP contribution in [0.15, 0.2) is 47.0 Å². The Morgan fingerprint density at radius 3 is 2.16 bits per heavy atom. The lowest BCUT2D eigenvalue weighted by molar-refractivity contribution is 0.474. The number of aliphatic imine (C=N–C) groups is 1. The van der Waals surface area contributed by atoms with Gasteiger partial charge in [0.15, 0.2) is 0 Å². The molecule has 178 valence electrons. The van der Waals surface area contributed by atoms with Gasteiger partial charge in [-0.15, -0.1) is 6.58 Å². The molecular formula is C24H47N7. The molecule has 0 amide bonds. The molecule has 0 aromatic rings. The third kappa shape index (κ3) is 29.4. The Bertz CT molecular complexity index is 579. The van der Waals surface area contributed by atoms with Crippen molar-refractivity contribution in [2.75, 3.05) is 48.3 Å². The van der Waals surface area contributed by atoms with Crippen LogP contribution in [0.4, 0.5) is 0 Å². The van der Waals surface area contributed by atoms with Crippen molar-refractivity contribution >= 4 is 11.9 Å². The maximum Gasteiger partial charge on any atom is 0.0936 e. The first-order valence-corrected chi connectivity index (χ1v) is 10.5. The van der Waals surface area contributed by atoms with Crippen LogP contribution in [0.5, 0.6) is 0 Å². The van der Waals surface area contributed by atoms with Gasteiger partial charge in [0, 0.05) is 78.1 Å². The van der Waals surface area contributed by atoms with E-state index in [-0.39, 0.29) is 0 Å². The summed E-state index contributed by atoms with van der Waals surface area (Å²) in [6.07, 6.45) is 12.7. The zero-order valence-corrected chi connectivity index (χ0v) is 21.4. The Hall–Kier alpha value is -2.88. The van der Waals surface area contributed by atoms with Crippen molar-refractivity contribution in [1.82, 2.24) is 25.9 Å². The molecular weight excluding hydrogens is 386 g/mol. The van der Waals surface area contributed by atoms with Crippen LogP contribution < -0.4 is 16.1 Å². The van der Waals surface area contributed by atoms with Crippen LogP contribution in [0, 0.1) is 18.4 Å². The highest BCUT2D eigenvalue weighted by Crippen LogP contribution is 1.97. The summed E-state index contributed by atoms with van der Waals surface area (Å²) in [4.78, 5) is 7.79. The van der Waals surface area contributed by atoms with Gasteiger partial charge in [-0.3, -0.25) is 4.99 Å². The van der Waals surface area contributed by atoms with E-state index in [2.05, 4.69) is 59.2 Å². The van der Waals surface area contributed by atoms with Gasteiger partial charge in [-0.1, -0.05) is 32.9 Å². The third-order valence-electron chi connectivity index (χ3n) is 3.72. The van der Waals surface area contributed by atoms with Crippen molar-refractivity contribution in [3.8, 4) is 12.5 Å². The molecule has 0 bridgehead atoms. The van der Waals surface area contributed by atoms with Crippen molar-refractivity contribution in [2.24, 2.45) is 16.0 Å². The van der Waals surface area contributed by atoms with Crippen molar-refractivity contribution in [3.63, 3.8) is 0 Å². The molecule has 0 aliphatic heterocycles. The summed E-state index contributed by atoms with van der Waals surface area (Å²) in [5.74, 6) is 1.68. The van der Waals surface area contributed by atoms with E-state index in [0.717, 1.165) is 43.4 Å². The highest BCUT2D eigenvalue weighted by molar-refractivity contribution is 5.81. The van der Waals surface area contributed by atoms with Gasteiger partial charge < -0.3 is 20.4 Å². The highest BCUT2D eigenvalue weighted by Gasteiger charge is 1.92. The summed E-state index contributed by atoms with van der Waals surface area (Å²) >= 11 is 0. The number of rotatable bonds is 12. The van der Waals surface area contributed by atoms with E-state index >= 15 is 0 Å². The molecule has 0 saturated heterocycles. The summed E-state index contributed by atoms with van der Waals surface area (Å²) in [5.41, 5.74) is 4.65. The van der Waals surface area contributed by atoms with Gasteiger partial charge in [-0.05, 0) is 26.2 Å². The second-order valence-corrected chi connectivity index (χ2v) is 7.57. The van der Waals surface area contributed by atoms with Gasteiger partial charge in [-0.2, -0.15) is 5.10 Å². The van der Waals surface area contributed by atoms with E-state index in [1.807, 2.05) is 64.1 Å². The van der Waals surface area contributed by atoms with E-state index in [0.29, 0.717) is 0 Å². The number of nitrogens with one attached hydrogen (secondary N) is 3. The zero-order chi connectivity index (χ0) is 24.7. The Kier molecular flexibility index (Phi) is 24.7. The van der Waals surface area contributed by atoms with Crippen molar-refractivity contribution in [1.29, 1.82) is 0 Å². The molecule has 0 rings (SSSR count). The molecule has 0 spiro atoms. The minimum absolute atomic E-state index is 0.744. The molecule has 0 aliphatic carbocycles. The molecule has 3 N–H and O–H groups in total. The van der Waals surface area contributed by atoms with Gasteiger partial charge in [0.05, 0.1) is 12.4 Å². The molecule has 0 saturated carbocycles. The molecule has 0 heterocycles. The summed E-state index contributed by atoms with van der Waals surface area (Å²) < 4.78 is 0. The number of hydrogen-bond acceptors (Lipinski definition) is 7. The zero-order valence-electron chi connectivity index (χ0n) is 21.4. The first-order valence-electron chi connectivity index (χ1n) is 10.5. The van der Waals surface area contributed by atoms with Crippen LogP contribution in [-0.2, 0) is 0 Å². The molecule has 0 fully saturated rings. The maximum absolute atomic E-state index is 5.01. The Balaban J connectivity index is -0.000000421. The van der Waals surface area contributed by atoms with E-state index in [1.54, 1.807) is 13.3 Å². The lowest BCUT2D eigenvalue weighted by atomic mass is 10.1. The van der Waals surface area contributed by atoms with E-state index in [1.165, 1.54) is 5.70 Å². The van der Waals surface area contributed by atoms with Gasteiger partial charge in [0.25, 0.3) is 0 Å². The lowest BCUT2D eigenvalue weighted by Crippen LogP contribution is -2.25. The Morgan fingerprint density at radius 2 is 1.77 bits per heavy atom. The number of hydrogen-bond donors (Lipinski definition) is 3. The third-order valence-corrected chi connectivity index (χ3v) is 3.72. The average molecular weight is 434 g/mol. The summed E-state index contributed by atoms with van der Waals surface area (Å²) in [6, 6.07) is 2.25. The second kappa shape index (κ2) is 23.4. The fourth-order valence-corrected chi connectivity index (χ4v) is 1.53. The van der Waals surface area contributed by atoms with Gasteiger partial charge in [-0.25, -0.2) is 5.43 Å². The van der Waals surface area contributed by atoms with Crippen LogP contribution in [0.3, 0.4) is 0 Å². The molecule has 0 aromatic carbocycles. The summed E-state index contributed by atoms with van der Waals surface area (Å²) in [6.45, 7) is 17.3. The van der Waals surface area contributed by atoms with E-state index < -0.39 is 0 Å². The van der Waals surface area contributed by atoms with Crippen LogP contribution in [0.2, 0.25) is 0 Å². The lowest BCUT2D eigenvalue weighted by Gasteiger charge is -2.15. The van der Waals surface area contributed by atoms with Crippen LogP contribution >= 0.6 is 0 Å². The topological polar surface area (TPSA) is 67.3 Å². The monoisotopic (exact) mass is 433 g/mol. The summed E-state index contributed by atoms with van der Waals surface area (Å²) in [7, 11) is 9.66. The molecule has 7 nitrogen and oxygen atoms in total. The SMILES string of the molecule is C#CN/N=C(/C)CCN/C=C(/C)N(C)C.C=C(NCC=NC)N(C)C.C=CCC(C)C. The van der Waals surface area contributed by atoms with Gasteiger partial charge >= 0.3 is 0 Å². The number of allylic oxidation sites excluding steroid dienone is 2. The minimum atomic E-state index is 0.744. The fourth-order valence-electron chi connectivity index (χ4n) is 1.53. The number of terminal acetylenes is 1. The Labute approximate surface area is 192 Å². The number of nitrogens with zero attached hydrogens (tertiary/aromatic N) is 4. The van der Waals surface area contributed by atoms with Gasteiger partial charge in [0.1, 0.15) is 0 Å². The highest BCUT2D eigenvalue weighted by atomic mass is 15.3. The first-order chi connectivity index (χ1) is 14.5. The average Bonchev–Trinajstić information content (AvgIpc) is 2.70. The fraction of sp³-hybridized carbons (Fsp3) is 0.583. The standard InChI is InChI=1S/C11H20N4.C7H15N3.C6H12/c1-6-13-14-10(2)7-8-12-9-11(3)15(4)5;1-7(10(3)4)9-6-5-8-2;1-4-5-6(2)3/h1,9,12-13H,7-8H2,2-5H3;5,9H,1,6H2,2-4H3;4,6H,1,5H2,2-3H3/b11-9-,14-10-;;. The predicted molar refractivity (Wildman–Crippen MR) is 140 cm³/mol. The minimum Gasteiger partial charge on any atom is -0.389 e. The molecule has 0 atom stereocenters. The van der Waals surface area contributed by atoms with E-state index in [4.69, 9.17) is 6.42 Å². The largest absolute Gasteiger partial charge is 0.389 e. The van der Waals surface area contributed by atoms with Crippen LogP contribution in [-0.4, -0.2) is 70.1 Å². The molecule has 0 aromatic heterocycles. The van der Waals surface area contributed by atoms with Gasteiger partial charge in [0.2, 0.25) is 0 Å². The molecule has 0 aliphatic rings. The van der Waals surface area contributed by atoms with Crippen LogP contribution in [0.1, 0.15) is 40.5 Å². The molecule has 31 heavy (non-hydrogen) atoms.